The second kappa shape index (κ2) is 12.1. The molecule has 5 atom stereocenters. The average Bonchev–Trinajstić information content (AvgIpc) is 3.22. The second-order valence-electron chi connectivity index (χ2n) is 9.30. The van der Waals surface area contributed by atoms with E-state index in [1.54, 1.807) is 26.2 Å². The van der Waals surface area contributed by atoms with E-state index in [-0.39, 0.29) is 24.9 Å². The number of hydrogen-bond donors (Lipinski definition) is 0. The standard InChI is InChI=1S/C27H38O8/c1-7-22-23(9-8-16-31-22)35-27(4,25(28)30-6)24(15-14-21-18-33-26(2,3)34-21)32-17-19-10-12-20(29-5)13-11-19/h7,10-15,21-24H,1,8-9,16-18H2,2-6H3/b15-14+/t21-,22-,23+,24-,27+/m1/s1. The van der Waals surface area contributed by atoms with Crippen LogP contribution in [0.4, 0.5) is 0 Å². The predicted octanol–water partition coefficient (Wildman–Crippen LogP) is 3.97. The minimum Gasteiger partial charge on any atom is -0.497 e. The number of ether oxygens (including phenoxy) is 7. The van der Waals surface area contributed by atoms with Gasteiger partial charge in [-0.3, -0.25) is 0 Å². The van der Waals surface area contributed by atoms with Crippen LogP contribution in [0, 0.1) is 0 Å². The van der Waals surface area contributed by atoms with Gasteiger partial charge in [-0.25, -0.2) is 4.79 Å². The fourth-order valence-corrected chi connectivity index (χ4v) is 4.21. The molecular weight excluding hydrogens is 452 g/mol. The van der Waals surface area contributed by atoms with Gasteiger partial charge in [0.2, 0.25) is 0 Å². The third-order valence-electron chi connectivity index (χ3n) is 6.19. The molecule has 2 saturated heterocycles. The first-order valence-electron chi connectivity index (χ1n) is 12.0. The summed E-state index contributed by atoms with van der Waals surface area (Å²) < 4.78 is 40.5. The molecule has 0 bridgehead atoms. The number of carbonyl (C=O) groups is 1. The third kappa shape index (κ3) is 7.15. The first-order chi connectivity index (χ1) is 16.7. The predicted molar refractivity (Wildman–Crippen MR) is 130 cm³/mol. The summed E-state index contributed by atoms with van der Waals surface area (Å²) in [4.78, 5) is 13.1. The lowest BCUT2D eigenvalue weighted by molar-refractivity contribution is -0.211. The molecule has 2 aliphatic rings. The second-order valence-corrected chi connectivity index (χ2v) is 9.30. The zero-order valence-corrected chi connectivity index (χ0v) is 21.4. The number of rotatable bonds is 11. The zero-order chi connectivity index (χ0) is 25.5. The van der Waals surface area contributed by atoms with Gasteiger partial charge in [0.25, 0.3) is 0 Å². The van der Waals surface area contributed by atoms with Gasteiger partial charge in [-0.15, -0.1) is 6.58 Å². The molecule has 0 aliphatic carbocycles. The van der Waals surface area contributed by atoms with Crippen LogP contribution in [0.1, 0.15) is 39.2 Å². The van der Waals surface area contributed by atoms with Crippen molar-refractivity contribution < 1.29 is 38.0 Å². The Morgan fingerprint density at radius 1 is 1.29 bits per heavy atom. The van der Waals surface area contributed by atoms with Gasteiger partial charge >= 0.3 is 5.97 Å². The lowest BCUT2D eigenvalue weighted by Crippen LogP contribution is -2.54. The molecule has 0 amide bonds. The van der Waals surface area contributed by atoms with Crippen molar-refractivity contribution in [3.8, 4) is 5.75 Å². The molecule has 35 heavy (non-hydrogen) atoms. The van der Waals surface area contributed by atoms with E-state index in [2.05, 4.69) is 6.58 Å². The largest absolute Gasteiger partial charge is 0.497 e. The molecule has 0 N–H and O–H groups in total. The van der Waals surface area contributed by atoms with E-state index >= 15 is 0 Å². The van der Waals surface area contributed by atoms with Crippen molar-refractivity contribution in [2.24, 2.45) is 0 Å². The Bertz CT molecular complexity index is 864. The normalized spacial score (nSPS) is 26.7. The molecule has 0 radical (unpaired) electrons. The molecule has 3 rings (SSSR count). The highest BCUT2D eigenvalue weighted by molar-refractivity contribution is 5.80. The van der Waals surface area contributed by atoms with Gasteiger partial charge in [0.05, 0.1) is 33.5 Å². The van der Waals surface area contributed by atoms with Crippen molar-refractivity contribution >= 4 is 5.97 Å². The Morgan fingerprint density at radius 3 is 2.63 bits per heavy atom. The zero-order valence-electron chi connectivity index (χ0n) is 21.4. The lowest BCUT2D eigenvalue weighted by atomic mass is 9.95. The van der Waals surface area contributed by atoms with Gasteiger partial charge in [0.15, 0.2) is 11.4 Å². The number of methoxy groups -OCH3 is 2. The first-order valence-corrected chi connectivity index (χ1v) is 12.0. The summed E-state index contributed by atoms with van der Waals surface area (Å²) in [7, 11) is 2.96. The summed E-state index contributed by atoms with van der Waals surface area (Å²) in [6, 6.07) is 7.54. The van der Waals surface area contributed by atoms with Crippen LogP contribution < -0.4 is 4.74 Å². The first kappa shape index (κ1) is 27.4. The van der Waals surface area contributed by atoms with Crippen molar-refractivity contribution in [1.29, 1.82) is 0 Å². The minimum absolute atomic E-state index is 0.245. The Balaban J connectivity index is 1.86. The van der Waals surface area contributed by atoms with E-state index in [4.69, 9.17) is 33.2 Å². The highest BCUT2D eigenvalue weighted by Gasteiger charge is 2.47. The van der Waals surface area contributed by atoms with Gasteiger partial charge in [0, 0.05) is 6.61 Å². The molecule has 1 aromatic rings. The van der Waals surface area contributed by atoms with Gasteiger partial charge in [-0.05, 0) is 51.3 Å². The summed E-state index contributed by atoms with van der Waals surface area (Å²) in [5.41, 5.74) is -0.526. The van der Waals surface area contributed by atoms with Crippen LogP contribution in [0.5, 0.6) is 5.75 Å². The molecule has 2 fully saturated rings. The Labute approximate surface area is 208 Å². The topological polar surface area (TPSA) is 81.7 Å². The molecule has 8 heteroatoms. The van der Waals surface area contributed by atoms with Crippen LogP contribution >= 0.6 is 0 Å². The van der Waals surface area contributed by atoms with E-state index in [1.807, 2.05) is 44.2 Å². The molecular formula is C27H38O8. The summed E-state index contributed by atoms with van der Waals surface area (Å²) in [6.07, 6.45) is 5.14. The van der Waals surface area contributed by atoms with Crippen molar-refractivity contribution in [2.45, 2.75) is 76.0 Å². The lowest BCUT2D eigenvalue weighted by Gasteiger charge is -2.39. The highest BCUT2D eigenvalue weighted by atomic mass is 16.7. The Kier molecular flexibility index (Phi) is 9.49. The van der Waals surface area contributed by atoms with Crippen molar-refractivity contribution in [3.63, 3.8) is 0 Å². The third-order valence-corrected chi connectivity index (χ3v) is 6.19. The summed E-state index contributed by atoms with van der Waals surface area (Å²) >= 11 is 0. The molecule has 194 valence electrons. The summed E-state index contributed by atoms with van der Waals surface area (Å²) in [6.45, 7) is 10.5. The molecule has 8 nitrogen and oxygen atoms in total. The van der Waals surface area contributed by atoms with E-state index in [9.17, 15) is 4.79 Å². The molecule has 1 aromatic carbocycles. The van der Waals surface area contributed by atoms with Gasteiger partial charge in [-0.2, -0.15) is 0 Å². The minimum atomic E-state index is -1.45. The molecule has 2 aliphatic heterocycles. The van der Waals surface area contributed by atoms with Gasteiger partial charge in [0.1, 0.15) is 24.1 Å². The van der Waals surface area contributed by atoms with Crippen LogP contribution in [0.25, 0.3) is 0 Å². The maximum atomic E-state index is 13.1. The number of hydrogen-bond acceptors (Lipinski definition) is 8. The fraction of sp³-hybridized carbons (Fsp3) is 0.593. The quantitative estimate of drug-likeness (QED) is 0.341. The van der Waals surface area contributed by atoms with Crippen LogP contribution in [0.3, 0.4) is 0 Å². The smallest absolute Gasteiger partial charge is 0.340 e. The van der Waals surface area contributed by atoms with Crippen molar-refractivity contribution in [1.82, 2.24) is 0 Å². The van der Waals surface area contributed by atoms with E-state index < -0.39 is 23.5 Å². The molecule has 0 unspecified atom stereocenters. The van der Waals surface area contributed by atoms with Crippen molar-refractivity contribution in [3.05, 3.63) is 54.6 Å². The average molecular weight is 491 g/mol. The number of benzene rings is 1. The SMILES string of the molecule is C=C[C@H]1OCCC[C@@H]1O[C@](C)(C(=O)OC)[C@@H](/C=C/[C@@H]1COC(C)(C)O1)OCc1ccc(OC)cc1. The van der Waals surface area contributed by atoms with E-state index in [0.717, 1.165) is 24.2 Å². The molecule has 0 spiro atoms. The van der Waals surface area contributed by atoms with Crippen molar-refractivity contribution in [2.75, 3.05) is 27.4 Å². The summed E-state index contributed by atoms with van der Waals surface area (Å²) in [5.74, 6) is -0.464. The van der Waals surface area contributed by atoms with Crippen LogP contribution in [-0.4, -0.2) is 69.2 Å². The number of esters is 1. The van der Waals surface area contributed by atoms with Crippen LogP contribution in [0.15, 0.2) is 49.1 Å². The maximum absolute atomic E-state index is 13.1. The van der Waals surface area contributed by atoms with Gasteiger partial charge < -0.3 is 33.2 Å². The monoisotopic (exact) mass is 490 g/mol. The van der Waals surface area contributed by atoms with Crippen LogP contribution in [-0.2, 0) is 39.8 Å². The highest BCUT2D eigenvalue weighted by Crippen LogP contribution is 2.31. The van der Waals surface area contributed by atoms with Gasteiger partial charge in [-0.1, -0.05) is 30.4 Å². The fourth-order valence-electron chi connectivity index (χ4n) is 4.21. The molecule has 0 saturated carbocycles. The number of carbonyl (C=O) groups excluding carboxylic acids is 1. The van der Waals surface area contributed by atoms with E-state index in [0.29, 0.717) is 13.2 Å². The van der Waals surface area contributed by atoms with Crippen LogP contribution in [0.2, 0.25) is 0 Å². The molecule has 0 aromatic heterocycles. The summed E-state index contributed by atoms with van der Waals surface area (Å²) in [5, 5.41) is 0. The Morgan fingerprint density at radius 2 is 2.03 bits per heavy atom. The Hall–Kier alpha value is -2.23. The molecule has 2 heterocycles. The maximum Gasteiger partial charge on any atom is 0.340 e. The van der Waals surface area contributed by atoms with E-state index in [1.165, 1.54) is 7.11 Å².